The Morgan fingerprint density at radius 2 is 1.94 bits per heavy atom. The molecular formula is C23H29F2N5O2. The Labute approximate surface area is 186 Å². The van der Waals surface area contributed by atoms with Crippen molar-refractivity contribution < 1.29 is 18.3 Å². The first kappa shape index (κ1) is 23.3. The molecule has 1 unspecified atom stereocenters. The number of carbonyl (C=O) groups excluding carboxylic acids is 1. The van der Waals surface area contributed by atoms with Gasteiger partial charge < -0.3 is 26.0 Å². The van der Waals surface area contributed by atoms with Crippen LogP contribution in [0.25, 0.3) is 0 Å². The number of amides is 1. The molecule has 32 heavy (non-hydrogen) atoms. The minimum atomic E-state index is -0.544. The molecule has 0 aliphatic carbocycles. The SMILES string of the molecule is CCNC(=NCCc1ccc(OCC(N)=O)cc1)NC1CCN(c2c(F)cccc2F)C1. The van der Waals surface area contributed by atoms with E-state index in [1.165, 1.54) is 18.2 Å². The Kier molecular flexibility index (Phi) is 8.24. The zero-order chi connectivity index (χ0) is 22.9. The molecule has 7 nitrogen and oxygen atoms in total. The summed E-state index contributed by atoms with van der Waals surface area (Å²) in [7, 11) is 0. The first-order valence-electron chi connectivity index (χ1n) is 10.7. The van der Waals surface area contributed by atoms with Gasteiger partial charge in [0.2, 0.25) is 0 Å². The van der Waals surface area contributed by atoms with Crippen LogP contribution in [0.5, 0.6) is 5.75 Å². The summed E-state index contributed by atoms with van der Waals surface area (Å²) in [4.78, 5) is 17.1. The molecule has 0 spiro atoms. The van der Waals surface area contributed by atoms with Crippen LogP contribution in [0, 0.1) is 11.6 Å². The molecule has 1 aliphatic rings. The third kappa shape index (κ3) is 6.57. The first-order chi connectivity index (χ1) is 15.5. The zero-order valence-electron chi connectivity index (χ0n) is 18.1. The molecule has 0 saturated carbocycles. The lowest BCUT2D eigenvalue weighted by Crippen LogP contribution is -2.44. The van der Waals surface area contributed by atoms with E-state index in [9.17, 15) is 13.6 Å². The van der Waals surface area contributed by atoms with Gasteiger partial charge in [-0.15, -0.1) is 0 Å². The highest BCUT2D eigenvalue weighted by Gasteiger charge is 2.27. The van der Waals surface area contributed by atoms with E-state index >= 15 is 0 Å². The Hall–Kier alpha value is -3.36. The predicted molar refractivity (Wildman–Crippen MR) is 121 cm³/mol. The van der Waals surface area contributed by atoms with E-state index in [4.69, 9.17) is 10.5 Å². The molecule has 1 atom stereocenters. The van der Waals surface area contributed by atoms with Crippen molar-refractivity contribution in [1.82, 2.24) is 10.6 Å². The minimum absolute atomic E-state index is 0.0296. The fourth-order valence-electron chi connectivity index (χ4n) is 3.59. The van der Waals surface area contributed by atoms with E-state index in [1.807, 2.05) is 19.1 Å². The van der Waals surface area contributed by atoms with E-state index in [-0.39, 0.29) is 18.3 Å². The van der Waals surface area contributed by atoms with E-state index in [2.05, 4.69) is 15.6 Å². The van der Waals surface area contributed by atoms with Gasteiger partial charge in [0.15, 0.2) is 12.6 Å². The van der Waals surface area contributed by atoms with E-state index < -0.39 is 17.5 Å². The number of nitrogens with two attached hydrogens (primary N) is 1. The van der Waals surface area contributed by atoms with Gasteiger partial charge in [0.05, 0.1) is 0 Å². The number of guanidine groups is 1. The molecular weight excluding hydrogens is 416 g/mol. The smallest absolute Gasteiger partial charge is 0.255 e. The van der Waals surface area contributed by atoms with E-state index in [0.29, 0.717) is 37.9 Å². The highest BCUT2D eigenvalue weighted by atomic mass is 19.1. The Morgan fingerprint density at radius 1 is 1.22 bits per heavy atom. The fourth-order valence-corrected chi connectivity index (χ4v) is 3.59. The Morgan fingerprint density at radius 3 is 2.59 bits per heavy atom. The number of rotatable bonds is 9. The van der Waals surface area contributed by atoms with Crippen LogP contribution in [-0.2, 0) is 11.2 Å². The summed E-state index contributed by atoms with van der Waals surface area (Å²) in [5.74, 6) is -0.344. The highest BCUT2D eigenvalue weighted by Crippen LogP contribution is 2.26. The summed E-state index contributed by atoms with van der Waals surface area (Å²) in [5.41, 5.74) is 6.18. The lowest BCUT2D eigenvalue weighted by atomic mass is 10.1. The molecule has 0 aromatic heterocycles. The van der Waals surface area contributed by atoms with Crippen molar-refractivity contribution in [2.75, 3.05) is 37.7 Å². The Balaban J connectivity index is 1.52. The number of halogens is 2. The molecule has 2 aromatic rings. The van der Waals surface area contributed by atoms with Crippen LogP contribution in [0.1, 0.15) is 18.9 Å². The van der Waals surface area contributed by atoms with Crippen LogP contribution in [0.3, 0.4) is 0 Å². The number of primary amides is 1. The molecule has 172 valence electrons. The number of nitrogens with one attached hydrogen (secondary N) is 2. The third-order valence-corrected chi connectivity index (χ3v) is 5.10. The van der Waals surface area contributed by atoms with Crippen LogP contribution in [0.2, 0.25) is 0 Å². The molecule has 3 rings (SSSR count). The molecule has 4 N–H and O–H groups in total. The maximum atomic E-state index is 14.1. The van der Waals surface area contributed by atoms with Gasteiger partial charge in [-0.2, -0.15) is 0 Å². The average molecular weight is 446 g/mol. The number of ether oxygens (including phenoxy) is 1. The quantitative estimate of drug-likeness (QED) is 0.407. The van der Waals surface area contributed by atoms with Gasteiger partial charge in [0.1, 0.15) is 23.1 Å². The highest BCUT2D eigenvalue weighted by molar-refractivity contribution is 5.80. The van der Waals surface area contributed by atoms with Gasteiger partial charge in [-0.25, -0.2) is 8.78 Å². The van der Waals surface area contributed by atoms with Gasteiger partial charge >= 0.3 is 0 Å². The average Bonchev–Trinajstić information content (AvgIpc) is 3.21. The standard InChI is InChI=1S/C23H29F2N5O2/c1-2-27-23(28-12-10-16-6-8-18(9-7-16)32-15-21(26)31)29-17-11-13-30(14-17)22-19(24)4-3-5-20(22)25/h3-9,17H,2,10-15H2,1H3,(H2,26,31)(H2,27,28,29). The molecule has 2 aromatic carbocycles. The summed E-state index contributed by atoms with van der Waals surface area (Å²) >= 11 is 0. The minimum Gasteiger partial charge on any atom is -0.484 e. The number of benzene rings is 2. The number of carbonyl (C=O) groups is 1. The van der Waals surface area contributed by atoms with Crippen LogP contribution in [0.15, 0.2) is 47.5 Å². The summed E-state index contributed by atoms with van der Waals surface area (Å²) < 4.78 is 33.4. The molecule has 1 aliphatic heterocycles. The largest absolute Gasteiger partial charge is 0.484 e. The lowest BCUT2D eigenvalue weighted by molar-refractivity contribution is -0.119. The number of para-hydroxylation sites is 1. The zero-order valence-corrected chi connectivity index (χ0v) is 18.1. The van der Waals surface area contributed by atoms with Gasteiger partial charge in [-0.3, -0.25) is 9.79 Å². The maximum absolute atomic E-state index is 14.1. The second kappa shape index (κ2) is 11.3. The Bertz CT molecular complexity index is 916. The summed E-state index contributed by atoms with van der Waals surface area (Å²) in [5, 5.41) is 6.58. The van der Waals surface area contributed by atoms with Crippen molar-refractivity contribution in [1.29, 1.82) is 0 Å². The van der Waals surface area contributed by atoms with Crippen molar-refractivity contribution >= 4 is 17.6 Å². The summed E-state index contributed by atoms with van der Waals surface area (Å²) in [6, 6.07) is 11.4. The number of aliphatic imine (C=N–C) groups is 1. The predicted octanol–water partition coefficient (Wildman–Crippen LogP) is 2.21. The van der Waals surface area contributed by atoms with E-state index in [1.54, 1.807) is 17.0 Å². The second-order valence-electron chi connectivity index (χ2n) is 7.56. The van der Waals surface area contributed by atoms with Crippen molar-refractivity contribution in [3.8, 4) is 5.75 Å². The molecule has 1 saturated heterocycles. The first-order valence-corrected chi connectivity index (χ1v) is 10.7. The summed E-state index contributed by atoms with van der Waals surface area (Å²) in [6.07, 6.45) is 1.48. The van der Waals surface area contributed by atoms with Gasteiger partial charge in [-0.1, -0.05) is 18.2 Å². The number of hydrogen-bond acceptors (Lipinski definition) is 4. The maximum Gasteiger partial charge on any atom is 0.255 e. The number of hydrogen-bond donors (Lipinski definition) is 3. The molecule has 9 heteroatoms. The fraction of sp³-hybridized carbons (Fsp3) is 0.391. The van der Waals surface area contributed by atoms with Gasteiger partial charge in [0, 0.05) is 32.2 Å². The second-order valence-corrected chi connectivity index (χ2v) is 7.56. The van der Waals surface area contributed by atoms with Crippen LogP contribution in [-0.4, -0.2) is 50.7 Å². The topological polar surface area (TPSA) is 92.0 Å². The van der Waals surface area contributed by atoms with E-state index in [0.717, 1.165) is 18.4 Å². The van der Waals surface area contributed by atoms with Crippen LogP contribution < -0.4 is 26.0 Å². The molecule has 1 amide bonds. The van der Waals surface area contributed by atoms with Gasteiger partial charge in [-0.05, 0) is 49.6 Å². The molecule has 1 heterocycles. The van der Waals surface area contributed by atoms with Crippen molar-refractivity contribution in [2.45, 2.75) is 25.8 Å². The number of nitrogens with zero attached hydrogens (tertiary/aromatic N) is 2. The van der Waals surface area contributed by atoms with Crippen molar-refractivity contribution in [3.05, 3.63) is 59.7 Å². The molecule has 0 bridgehead atoms. The molecule has 0 radical (unpaired) electrons. The van der Waals surface area contributed by atoms with Crippen molar-refractivity contribution in [3.63, 3.8) is 0 Å². The van der Waals surface area contributed by atoms with Crippen LogP contribution in [0.4, 0.5) is 14.5 Å². The lowest BCUT2D eigenvalue weighted by Gasteiger charge is -2.21. The summed E-state index contributed by atoms with van der Waals surface area (Å²) in [6.45, 7) is 4.17. The van der Waals surface area contributed by atoms with Gasteiger partial charge in [0.25, 0.3) is 5.91 Å². The van der Waals surface area contributed by atoms with Crippen LogP contribution >= 0.6 is 0 Å². The third-order valence-electron chi connectivity index (χ3n) is 5.10. The van der Waals surface area contributed by atoms with Crippen molar-refractivity contribution in [2.24, 2.45) is 10.7 Å². The number of anilines is 1. The molecule has 1 fully saturated rings. The normalized spacial score (nSPS) is 16.2. The monoisotopic (exact) mass is 445 g/mol.